The molecule has 1 unspecified atom stereocenters. The number of piperidine rings is 1. The van der Waals surface area contributed by atoms with Crippen molar-refractivity contribution in [2.75, 3.05) is 38.8 Å². The van der Waals surface area contributed by atoms with E-state index >= 15 is 0 Å². The highest BCUT2D eigenvalue weighted by Gasteiger charge is 2.26. The third-order valence-electron chi connectivity index (χ3n) is 4.40. The zero-order valence-electron chi connectivity index (χ0n) is 16.0. The molecule has 9 heteroatoms. The molecule has 1 heterocycles. The summed E-state index contributed by atoms with van der Waals surface area (Å²) in [5.41, 5.74) is 6.40. The van der Waals surface area contributed by atoms with Crippen LogP contribution in [0.2, 0.25) is 0 Å². The van der Waals surface area contributed by atoms with Crippen LogP contribution in [-0.2, 0) is 19.6 Å². The Hall–Kier alpha value is -2.00. The average Bonchev–Trinajstić information content (AvgIpc) is 2.61. The van der Waals surface area contributed by atoms with E-state index in [1.54, 1.807) is 18.2 Å². The van der Waals surface area contributed by atoms with E-state index in [-0.39, 0.29) is 24.4 Å². The number of nitrogen functional groups attached to an aromatic ring is 1. The predicted molar refractivity (Wildman–Crippen MR) is 102 cm³/mol. The minimum Gasteiger partial charge on any atom is -0.489 e. The van der Waals surface area contributed by atoms with Crippen molar-refractivity contribution >= 4 is 21.7 Å². The number of sulfonamides is 1. The number of benzene rings is 1. The van der Waals surface area contributed by atoms with Crippen LogP contribution in [0.5, 0.6) is 11.5 Å². The van der Waals surface area contributed by atoms with Gasteiger partial charge in [-0.05, 0) is 25.0 Å². The van der Waals surface area contributed by atoms with Crippen molar-refractivity contribution in [1.29, 1.82) is 0 Å². The zero-order valence-corrected chi connectivity index (χ0v) is 16.8. The first kappa shape index (κ1) is 21.3. The summed E-state index contributed by atoms with van der Waals surface area (Å²) in [5, 5.41) is 0. The maximum absolute atomic E-state index is 11.6. The molecule has 152 valence electrons. The number of esters is 1. The van der Waals surface area contributed by atoms with E-state index in [0.29, 0.717) is 49.7 Å². The summed E-state index contributed by atoms with van der Waals surface area (Å²) in [6.07, 6.45) is 2.60. The molecule has 0 spiro atoms. The zero-order chi connectivity index (χ0) is 20.0. The summed E-state index contributed by atoms with van der Waals surface area (Å²) < 4.78 is 41.2. The average molecular weight is 400 g/mol. The Kier molecular flexibility index (Phi) is 7.32. The highest BCUT2D eigenvalue weighted by atomic mass is 32.2. The van der Waals surface area contributed by atoms with Crippen LogP contribution in [-0.4, -0.2) is 57.9 Å². The van der Waals surface area contributed by atoms with Gasteiger partial charge in [0.15, 0.2) is 11.5 Å². The van der Waals surface area contributed by atoms with E-state index in [1.807, 2.05) is 6.92 Å². The number of hydrogen-bond acceptors (Lipinski definition) is 7. The fourth-order valence-corrected chi connectivity index (χ4v) is 3.73. The lowest BCUT2D eigenvalue weighted by atomic mass is 10.1. The normalized spacial score (nSPS) is 17.3. The molecule has 0 bridgehead atoms. The van der Waals surface area contributed by atoms with Crippen molar-refractivity contribution < 1.29 is 27.4 Å². The molecule has 0 saturated carbocycles. The summed E-state index contributed by atoms with van der Waals surface area (Å²) in [6.45, 7) is 3.09. The summed E-state index contributed by atoms with van der Waals surface area (Å²) in [4.78, 5) is 11.3. The van der Waals surface area contributed by atoms with Crippen molar-refractivity contribution in [1.82, 2.24) is 4.31 Å². The van der Waals surface area contributed by atoms with Gasteiger partial charge in [0.1, 0.15) is 6.10 Å². The SMILES string of the molecule is COC(=O)CC(C)COc1cc(N)ccc1OC1CCN(S(C)(=O)=O)CC1. The molecule has 1 aromatic carbocycles. The highest BCUT2D eigenvalue weighted by Crippen LogP contribution is 2.32. The van der Waals surface area contributed by atoms with E-state index in [2.05, 4.69) is 4.74 Å². The molecule has 0 amide bonds. The molecule has 1 aromatic rings. The minimum absolute atomic E-state index is 0.0234. The summed E-state index contributed by atoms with van der Waals surface area (Å²) >= 11 is 0. The van der Waals surface area contributed by atoms with E-state index in [0.717, 1.165) is 0 Å². The fourth-order valence-electron chi connectivity index (χ4n) is 2.85. The first-order chi connectivity index (χ1) is 12.7. The van der Waals surface area contributed by atoms with E-state index in [4.69, 9.17) is 15.2 Å². The molecule has 1 saturated heterocycles. The number of rotatable bonds is 8. The van der Waals surface area contributed by atoms with Gasteiger partial charge in [-0.15, -0.1) is 0 Å². The van der Waals surface area contributed by atoms with E-state index in [1.165, 1.54) is 17.7 Å². The largest absolute Gasteiger partial charge is 0.489 e. The summed E-state index contributed by atoms with van der Waals surface area (Å²) in [5.74, 6) is 0.766. The first-order valence-electron chi connectivity index (χ1n) is 8.90. The van der Waals surface area contributed by atoms with Crippen LogP contribution in [0.4, 0.5) is 5.69 Å². The molecule has 2 N–H and O–H groups in total. The Balaban J connectivity index is 1.96. The monoisotopic (exact) mass is 400 g/mol. The third kappa shape index (κ3) is 6.59. The van der Waals surface area contributed by atoms with Gasteiger partial charge in [-0.25, -0.2) is 12.7 Å². The Bertz CT molecular complexity index is 744. The molecule has 1 atom stereocenters. The lowest BCUT2D eigenvalue weighted by molar-refractivity contribution is -0.141. The van der Waals surface area contributed by atoms with Crippen molar-refractivity contribution in [2.24, 2.45) is 5.92 Å². The standard InChI is InChI=1S/C18H28N2O6S/c1-13(10-18(21)24-2)12-25-17-11-14(19)4-5-16(17)26-15-6-8-20(9-7-15)27(3,22)23/h4-5,11,13,15H,6-10,12,19H2,1-3H3. The van der Waals surface area contributed by atoms with Gasteiger partial charge in [-0.3, -0.25) is 4.79 Å². The molecule has 1 fully saturated rings. The van der Waals surface area contributed by atoms with Crippen molar-refractivity contribution in [3.63, 3.8) is 0 Å². The molecule has 27 heavy (non-hydrogen) atoms. The molecule has 0 radical (unpaired) electrons. The second-order valence-corrected chi connectivity index (χ2v) is 8.86. The van der Waals surface area contributed by atoms with Crippen LogP contribution in [0.25, 0.3) is 0 Å². The van der Waals surface area contributed by atoms with Gasteiger partial charge >= 0.3 is 5.97 Å². The van der Waals surface area contributed by atoms with Gasteiger partial charge < -0.3 is 19.9 Å². The highest BCUT2D eigenvalue weighted by molar-refractivity contribution is 7.88. The second kappa shape index (κ2) is 9.27. The number of hydrogen-bond donors (Lipinski definition) is 1. The Labute approximate surface area is 160 Å². The first-order valence-corrected chi connectivity index (χ1v) is 10.7. The van der Waals surface area contributed by atoms with Gasteiger partial charge in [-0.2, -0.15) is 0 Å². The Morgan fingerprint density at radius 1 is 1.30 bits per heavy atom. The number of anilines is 1. The maximum Gasteiger partial charge on any atom is 0.305 e. The number of methoxy groups -OCH3 is 1. The van der Waals surface area contributed by atoms with Crippen molar-refractivity contribution in [2.45, 2.75) is 32.3 Å². The predicted octanol–water partition coefficient (Wildman–Crippen LogP) is 1.65. The molecule has 8 nitrogen and oxygen atoms in total. The Morgan fingerprint density at radius 3 is 2.56 bits per heavy atom. The molecule has 0 aromatic heterocycles. The third-order valence-corrected chi connectivity index (χ3v) is 5.70. The van der Waals surface area contributed by atoms with Gasteiger partial charge in [0, 0.05) is 30.8 Å². The minimum atomic E-state index is -3.17. The Morgan fingerprint density at radius 2 is 1.96 bits per heavy atom. The molecule has 1 aliphatic heterocycles. The quantitative estimate of drug-likeness (QED) is 0.522. The van der Waals surface area contributed by atoms with Gasteiger partial charge in [0.2, 0.25) is 10.0 Å². The smallest absolute Gasteiger partial charge is 0.305 e. The number of ether oxygens (including phenoxy) is 3. The lowest BCUT2D eigenvalue weighted by Crippen LogP contribution is -2.41. The van der Waals surface area contributed by atoms with Crippen LogP contribution in [0, 0.1) is 5.92 Å². The van der Waals surface area contributed by atoms with E-state index in [9.17, 15) is 13.2 Å². The molecule has 1 aliphatic rings. The summed E-state index contributed by atoms with van der Waals surface area (Å²) in [7, 11) is -1.81. The number of carbonyl (C=O) groups excluding carboxylic acids is 1. The van der Waals surface area contributed by atoms with Crippen LogP contribution in [0.1, 0.15) is 26.2 Å². The van der Waals surface area contributed by atoms with Crippen LogP contribution < -0.4 is 15.2 Å². The topological polar surface area (TPSA) is 108 Å². The van der Waals surface area contributed by atoms with Crippen LogP contribution in [0.15, 0.2) is 18.2 Å². The molecule has 0 aliphatic carbocycles. The van der Waals surface area contributed by atoms with E-state index < -0.39 is 10.0 Å². The van der Waals surface area contributed by atoms with Gasteiger partial charge in [0.05, 0.1) is 26.4 Å². The summed E-state index contributed by atoms with van der Waals surface area (Å²) in [6, 6.07) is 5.16. The molecular weight excluding hydrogens is 372 g/mol. The van der Waals surface area contributed by atoms with Crippen molar-refractivity contribution in [3.8, 4) is 11.5 Å². The fraction of sp³-hybridized carbons (Fsp3) is 0.611. The number of nitrogens with zero attached hydrogens (tertiary/aromatic N) is 1. The maximum atomic E-state index is 11.6. The van der Waals surface area contributed by atoms with Crippen molar-refractivity contribution in [3.05, 3.63) is 18.2 Å². The second-order valence-electron chi connectivity index (χ2n) is 6.88. The van der Waals surface area contributed by atoms with Gasteiger partial charge in [0.25, 0.3) is 0 Å². The number of nitrogens with two attached hydrogens (primary N) is 1. The van der Waals surface area contributed by atoms with Crippen LogP contribution >= 0.6 is 0 Å². The van der Waals surface area contributed by atoms with Gasteiger partial charge in [-0.1, -0.05) is 6.92 Å². The lowest BCUT2D eigenvalue weighted by Gasteiger charge is -2.31. The number of carbonyl (C=O) groups is 1. The molecule has 2 rings (SSSR count). The van der Waals surface area contributed by atoms with Crippen LogP contribution in [0.3, 0.4) is 0 Å². The molecular formula is C18H28N2O6S.